The number of hydrogen-bond donors (Lipinski definition) is 3. The summed E-state index contributed by atoms with van der Waals surface area (Å²) in [5, 5.41) is 27.5. The average molecular weight is 249 g/mol. The van der Waals surface area contributed by atoms with Crippen LogP contribution in [0.15, 0.2) is 17.3 Å². The quantitative estimate of drug-likeness (QED) is 0.712. The molecule has 1 rings (SSSR count). The Morgan fingerprint density at radius 3 is 1.06 bits per heavy atom. The molecule has 0 atom stereocenters. The second-order valence-electron chi connectivity index (χ2n) is 3.77. The number of hydrogen-bond acceptors (Lipinski definition) is 6. The molecular weight excluding hydrogens is 234 g/mol. The van der Waals surface area contributed by atoms with E-state index >= 15 is 0 Å². The maximum absolute atomic E-state index is 9.18. The molecule has 3 N–H and O–H groups in total. The van der Waals surface area contributed by atoms with Gasteiger partial charge in [0.15, 0.2) is 17.5 Å². The zero-order valence-corrected chi connectivity index (χ0v) is 10.4. The number of allylic oxidation sites excluding steroid dienone is 3. The Labute approximate surface area is 105 Å². The fourth-order valence-corrected chi connectivity index (χ4v) is 1.18. The van der Waals surface area contributed by atoms with Gasteiger partial charge >= 0.3 is 0 Å². The van der Waals surface area contributed by atoms with Gasteiger partial charge in [-0.2, -0.15) is 0 Å². The monoisotopic (exact) mass is 249 g/mol. The number of rotatable bonds is 3. The van der Waals surface area contributed by atoms with Gasteiger partial charge in [0.25, 0.3) is 0 Å². The minimum Gasteiger partial charge on any atom is -0.512 e. The van der Waals surface area contributed by atoms with E-state index in [1.54, 1.807) is 0 Å². The molecule has 0 spiro atoms. The summed E-state index contributed by atoms with van der Waals surface area (Å²) in [7, 11) is 0. The molecule has 0 unspecified atom stereocenters. The van der Waals surface area contributed by atoms with Crippen molar-refractivity contribution < 1.29 is 15.3 Å². The van der Waals surface area contributed by atoms with Crippen molar-refractivity contribution in [2.45, 2.75) is 20.8 Å². The number of aliphatic hydroxyl groups is 3. The van der Waals surface area contributed by atoms with Crippen LogP contribution < -0.4 is 0 Å². The minimum absolute atomic E-state index is 0.0486. The van der Waals surface area contributed by atoms with E-state index in [9.17, 15) is 15.3 Å². The fraction of sp³-hybridized carbons (Fsp3) is 0.250. The molecule has 0 aliphatic rings. The molecule has 0 saturated heterocycles. The first-order valence-corrected chi connectivity index (χ1v) is 5.24. The lowest BCUT2D eigenvalue weighted by atomic mass is 10.4. The highest BCUT2D eigenvalue weighted by Crippen LogP contribution is 2.06. The van der Waals surface area contributed by atoms with Gasteiger partial charge in [-0.15, -0.1) is 0 Å². The van der Waals surface area contributed by atoms with Crippen molar-refractivity contribution in [3.63, 3.8) is 0 Å². The van der Waals surface area contributed by atoms with Crippen LogP contribution in [0, 0.1) is 0 Å². The first-order chi connectivity index (χ1) is 8.36. The van der Waals surface area contributed by atoms with Crippen molar-refractivity contribution in [3.05, 3.63) is 34.8 Å². The van der Waals surface area contributed by atoms with E-state index in [1.165, 1.54) is 39.0 Å². The van der Waals surface area contributed by atoms with Gasteiger partial charge in [-0.25, -0.2) is 15.0 Å². The molecule has 0 aromatic carbocycles. The van der Waals surface area contributed by atoms with Crippen molar-refractivity contribution in [3.8, 4) is 0 Å². The van der Waals surface area contributed by atoms with E-state index in [0.29, 0.717) is 0 Å². The van der Waals surface area contributed by atoms with Gasteiger partial charge in [0.05, 0.1) is 17.3 Å². The van der Waals surface area contributed by atoms with E-state index in [2.05, 4.69) is 15.0 Å². The van der Waals surface area contributed by atoms with Crippen LogP contribution in [0.3, 0.4) is 0 Å². The van der Waals surface area contributed by atoms with Crippen molar-refractivity contribution in [2.24, 2.45) is 0 Å². The molecule has 1 aromatic rings. The molecule has 6 nitrogen and oxygen atoms in total. The largest absolute Gasteiger partial charge is 0.512 e. The van der Waals surface area contributed by atoms with Crippen molar-refractivity contribution in [1.82, 2.24) is 15.0 Å². The van der Waals surface area contributed by atoms with Crippen molar-refractivity contribution in [1.29, 1.82) is 0 Å². The van der Waals surface area contributed by atoms with Gasteiger partial charge in [0, 0.05) is 18.2 Å². The summed E-state index contributed by atoms with van der Waals surface area (Å²) in [6.07, 6.45) is 4.07. The molecule has 0 bridgehead atoms. The molecule has 96 valence electrons. The Morgan fingerprint density at radius 2 is 0.889 bits per heavy atom. The highest BCUT2D eigenvalue weighted by Gasteiger charge is 2.03. The Morgan fingerprint density at radius 1 is 0.667 bits per heavy atom. The highest BCUT2D eigenvalue weighted by molar-refractivity contribution is 5.51. The van der Waals surface area contributed by atoms with E-state index < -0.39 is 0 Å². The van der Waals surface area contributed by atoms with Gasteiger partial charge < -0.3 is 15.3 Å². The molecule has 0 radical (unpaired) electrons. The number of aliphatic hydroxyl groups excluding tert-OH is 3. The van der Waals surface area contributed by atoms with Gasteiger partial charge in [-0.05, 0) is 20.8 Å². The molecule has 0 saturated carbocycles. The SMILES string of the molecule is C/C(O)=C/c1nc(/C=C(/C)O)nc(/C=C(/C)O)n1. The van der Waals surface area contributed by atoms with Gasteiger partial charge in [-0.3, -0.25) is 0 Å². The lowest BCUT2D eigenvalue weighted by molar-refractivity contribution is 0.419. The van der Waals surface area contributed by atoms with Gasteiger partial charge in [-0.1, -0.05) is 0 Å². The topological polar surface area (TPSA) is 99.4 Å². The zero-order chi connectivity index (χ0) is 13.7. The first kappa shape index (κ1) is 13.7. The maximum Gasteiger partial charge on any atom is 0.160 e. The van der Waals surface area contributed by atoms with Crippen molar-refractivity contribution in [2.75, 3.05) is 0 Å². The highest BCUT2D eigenvalue weighted by atomic mass is 16.3. The smallest absolute Gasteiger partial charge is 0.160 e. The molecule has 1 aromatic heterocycles. The van der Waals surface area contributed by atoms with Crippen LogP contribution in [0.25, 0.3) is 18.2 Å². The van der Waals surface area contributed by atoms with Crippen LogP contribution in [-0.2, 0) is 0 Å². The second-order valence-corrected chi connectivity index (χ2v) is 3.77. The van der Waals surface area contributed by atoms with Crippen LogP contribution in [0.4, 0.5) is 0 Å². The van der Waals surface area contributed by atoms with E-state index in [1.807, 2.05) is 0 Å². The lowest BCUT2D eigenvalue weighted by Crippen LogP contribution is -2.00. The molecule has 18 heavy (non-hydrogen) atoms. The second kappa shape index (κ2) is 5.81. The minimum atomic E-state index is 0.0486. The summed E-state index contributed by atoms with van der Waals surface area (Å²) in [5.41, 5.74) is 0. The summed E-state index contributed by atoms with van der Waals surface area (Å²) < 4.78 is 0. The predicted molar refractivity (Wildman–Crippen MR) is 68.7 cm³/mol. The van der Waals surface area contributed by atoms with E-state index in [-0.39, 0.29) is 34.8 Å². The third kappa shape index (κ3) is 4.65. The predicted octanol–water partition coefficient (Wildman–Crippen LogP) is 2.63. The number of aromatic nitrogens is 3. The van der Waals surface area contributed by atoms with E-state index in [4.69, 9.17) is 0 Å². The molecular formula is C12H15N3O3. The molecule has 1 heterocycles. The number of nitrogens with zero attached hydrogens (tertiary/aromatic N) is 3. The summed E-state index contributed by atoms with van der Waals surface area (Å²) in [6, 6.07) is 0. The van der Waals surface area contributed by atoms with Crippen LogP contribution in [0.2, 0.25) is 0 Å². The Balaban J connectivity index is 3.33. The normalized spacial score (nSPS) is 13.8. The summed E-state index contributed by atoms with van der Waals surface area (Å²) in [5.74, 6) is 0.868. The first-order valence-electron chi connectivity index (χ1n) is 5.24. The molecule has 0 amide bonds. The van der Waals surface area contributed by atoms with Crippen LogP contribution in [0.1, 0.15) is 38.2 Å². The third-order valence-electron chi connectivity index (χ3n) is 1.70. The van der Waals surface area contributed by atoms with Crippen LogP contribution >= 0.6 is 0 Å². The van der Waals surface area contributed by atoms with Crippen molar-refractivity contribution >= 4 is 18.2 Å². The van der Waals surface area contributed by atoms with Crippen LogP contribution in [0.5, 0.6) is 0 Å². The summed E-state index contributed by atoms with van der Waals surface area (Å²) in [4.78, 5) is 12.0. The Kier molecular flexibility index (Phi) is 4.42. The average Bonchev–Trinajstić information content (AvgIpc) is 2.12. The van der Waals surface area contributed by atoms with Crippen LogP contribution in [-0.4, -0.2) is 30.3 Å². The zero-order valence-electron chi connectivity index (χ0n) is 10.4. The van der Waals surface area contributed by atoms with Gasteiger partial charge in [0.2, 0.25) is 0 Å². The molecule has 0 fully saturated rings. The fourth-order valence-electron chi connectivity index (χ4n) is 1.18. The third-order valence-corrected chi connectivity index (χ3v) is 1.70. The van der Waals surface area contributed by atoms with Gasteiger partial charge in [0.1, 0.15) is 0 Å². The standard InChI is InChI=1S/C12H15N3O3/c1-7(16)4-10-13-11(5-8(2)17)15-12(14-10)6-9(3)18/h4-6,16-18H,1-3H3/b7-4-,8-5-,9-6-. The Bertz CT molecular complexity index is 433. The summed E-state index contributed by atoms with van der Waals surface area (Å²) in [6.45, 7) is 4.47. The van der Waals surface area contributed by atoms with E-state index in [0.717, 1.165) is 0 Å². The Hall–Kier alpha value is -2.37. The maximum atomic E-state index is 9.18. The molecule has 0 aliphatic carbocycles. The molecule has 0 aliphatic heterocycles. The lowest BCUT2D eigenvalue weighted by Gasteiger charge is -2.00. The summed E-state index contributed by atoms with van der Waals surface area (Å²) >= 11 is 0. The molecule has 6 heteroatoms.